The molecule has 2 aromatic rings. The summed E-state index contributed by atoms with van der Waals surface area (Å²) in [6.07, 6.45) is 1.56. The van der Waals surface area contributed by atoms with Gasteiger partial charge in [-0.2, -0.15) is 4.98 Å². The Bertz CT molecular complexity index is 607. The maximum atomic E-state index is 11.6. The topological polar surface area (TPSA) is 124 Å². The molecule has 0 bridgehead atoms. The van der Waals surface area contributed by atoms with E-state index in [0.717, 1.165) is 5.69 Å². The summed E-state index contributed by atoms with van der Waals surface area (Å²) < 4.78 is 1.42. The van der Waals surface area contributed by atoms with Crippen molar-refractivity contribution in [2.24, 2.45) is 5.73 Å². The van der Waals surface area contributed by atoms with Gasteiger partial charge >= 0.3 is 5.91 Å². The van der Waals surface area contributed by atoms with Gasteiger partial charge in [0.2, 0.25) is 11.7 Å². The Balaban J connectivity index is 2.13. The molecule has 0 saturated carbocycles. The van der Waals surface area contributed by atoms with Crippen LogP contribution in [0.2, 0.25) is 0 Å². The number of aryl methyl sites for hydroxylation is 1. The summed E-state index contributed by atoms with van der Waals surface area (Å²) >= 11 is 0. The van der Waals surface area contributed by atoms with E-state index < -0.39 is 18.4 Å². The predicted octanol–water partition coefficient (Wildman–Crippen LogP) is -1.42. The number of hydroxylamine groups is 1. The molecule has 0 spiro atoms. The standard InChI is InChI=1S/C9H10N6O3/c1-5-2-3-11-9-12-7(13-15(5)9)8(17)14-18-4-6(10)16/h2-3H,4H2,1H3,(H2,10,16)(H,14,17). The number of carbonyl (C=O) groups excluding carboxylic acids is 2. The van der Waals surface area contributed by atoms with Crippen molar-refractivity contribution in [3.8, 4) is 0 Å². The number of primary amides is 1. The SMILES string of the molecule is Cc1ccnc2nc(C(=O)NOCC(N)=O)nn12. The summed E-state index contributed by atoms with van der Waals surface area (Å²) in [7, 11) is 0. The number of nitrogens with two attached hydrogens (primary N) is 1. The molecule has 94 valence electrons. The number of hydrogen-bond donors (Lipinski definition) is 2. The van der Waals surface area contributed by atoms with Crippen molar-refractivity contribution >= 4 is 17.6 Å². The molecule has 0 aliphatic heterocycles. The molecule has 0 aromatic carbocycles. The average Bonchev–Trinajstić information content (AvgIpc) is 2.74. The van der Waals surface area contributed by atoms with Crippen molar-refractivity contribution in [1.82, 2.24) is 25.1 Å². The number of aromatic nitrogens is 4. The second-order valence-electron chi connectivity index (χ2n) is 3.42. The third kappa shape index (κ3) is 2.40. The van der Waals surface area contributed by atoms with Gasteiger partial charge in [0, 0.05) is 11.9 Å². The molecule has 0 aliphatic rings. The lowest BCUT2D eigenvalue weighted by Crippen LogP contribution is -2.30. The van der Waals surface area contributed by atoms with Crippen LogP contribution in [0.25, 0.3) is 5.78 Å². The van der Waals surface area contributed by atoms with E-state index in [-0.39, 0.29) is 5.82 Å². The minimum atomic E-state index is -0.698. The van der Waals surface area contributed by atoms with Gasteiger partial charge in [-0.1, -0.05) is 0 Å². The predicted molar refractivity (Wildman–Crippen MR) is 58.1 cm³/mol. The monoisotopic (exact) mass is 250 g/mol. The van der Waals surface area contributed by atoms with E-state index in [1.54, 1.807) is 19.2 Å². The van der Waals surface area contributed by atoms with Gasteiger partial charge in [-0.25, -0.2) is 15.0 Å². The molecule has 0 unspecified atom stereocenters. The fourth-order valence-corrected chi connectivity index (χ4v) is 1.22. The van der Waals surface area contributed by atoms with Gasteiger partial charge in [-0.15, -0.1) is 5.10 Å². The first-order valence-electron chi connectivity index (χ1n) is 4.97. The van der Waals surface area contributed by atoms with Crippen LogP contribution in [0.4, 0.5) is 0 Å². The summed E-state index contributed by atoms with van der Waals surface area (Å²) in [6.45, 7) is 1.38. The Hall–Kier alpha value is -2.55. The third-order valence-corrected chi connectivity index (χ3v) is 2.01. The van der Waals surface area contributed by atoms with Gasteiger partial charge in [0.05, 0.1) is 0 Å². The molecule has 3 N–H and O–H groups in total. The molecule has 0 fully saturated rings. The maximum Gasteiger partial charge on any atom is 0.314 e. The lowest BCUT2D eigenvalue weighted by molar-refractivity contribution is -0.124. The molecule has 0 radical (unpaired) electrons. The molecule has 9 nitrogen and oxygen atoms in total. The van der Waals surface area contributed by atoms with Gasteiger partial charge in [-0.05, 0) is 13.0 Å². The summed E-state index contributed by atoms with van der Waals surface area (Å²) in [5, 5.41) is 3.94. The zero-order chi connectivity index (χ0) is 13.1. The Kier molecular flexibility index (Phi) is 3.15. The fraction of sp³-hybridized carbons (Fsp3) is 0.222. The minimum Gasteiger partial charge on any atom is -0.368 e. The molecule has 18 heavy (non-hydrogen) atoms. The van der Waals surface area contributed by atoms with Crippen LogP contribution in [0, 0.1) is 6.92 Å². The highest BCUT2D eigenvalue weighted by Gasteiger charge is 2.14. The lowest BCUT2D eigenvalue weighted by Gasteiger charge is -1.99. The van der Waals surface area contributed by atoms with Crippen LogP contribution in [0.5, 0.6) is 0 Å². The highest BCUT2D eigenvalue weighted by atomic mass is 16.7. The number of rotatable bonds is 4. The second-order valence-corrected chi connectivity index (χ2v) is 3.42. The molecule has 0 saturated heterocycles. The van der Waals surface area contributed by atoms with Gasteiger partial charge in [0.15, 0.2) is 6.61 Å². The third-order valence-electron chi connectivity index (χ3n) is 2.01. The molecule has 2 amide bonds. The Morgan fingerprint density at radius 1 is 1.56 bits per heavy atom. The van der Waals surface area contributed by atoms with Gasteiger partial charge in [0.1, 0.15) is 0 Å². The van der Waals surface area contributed by atoms with Crippen LogP contribution in [-0.4, -0.2) is 38.0 Å². The molecular formula is C9H10N6O3. The van der Waals surface area contributed by atoms with Gasteiger partial charge in [0.25, 0.3) is 5.78 Å². The minimum absolute atomic E-state index is 0.110. The Morgan fingerprint density at radius 3 is 3.00 bits per heavy atom. The highest BCUT2D eigenvalue weighted by Crippen LogP contribution is 2.01. The zero-order valence-corrected chi connectivity index (χ0v) is 9.45. The van der Waals surface area contributed by atoms with Crippen LogP contribution in [0.3, 0.4) is 0 Å². The molecule has 0 atom stereocenters. The van der Waals surface area contributed by atoms with E-state index in [1.165, 1.54) is 4.52 Å². The van der Waals surface area contributed by atoms with Crippen molar-refractivity contribution in [3.63, 3.8) is 0 Å². The molecule has 2 heterocycles. The van der Waals surface area contributed by atoms with Crippen LogP contribution < -0.4 is 11.2 Å². The first-order chi connectivity index (χ1) is 8.58. The fourth-order valence-electron chi connectivity index (χ4n) is 1.22. The second kappa shape index (κ2) is 4.75. The van der Waals surface area contributed by atoms with E-state index in [0.29, 0.717) is 5.78 Å². The first-order valence-corrected chi connectivity index (χ1v) is 4.97. The first kappa shape index (κ1) is 11.9. The number of nitrogens with one attached hydrogen (secondary N) is 1. The van der Waals surface area contributed by atoms with Gasteiger partial charge < -0.3 is 5.73 Å². The van der Waals surface area contributed by atoms with Crippen LogP contribution in [0.15, 0.2) is 12.3 Å². The number of amides is 2. The van der Waals surface area contributed by atoms with E-state index >= 15 is 0 Å². The number of nitrogens with zero attached hydrogens (tertiary/aromatic N) is 4. The molecule has 9 heteroatoms. The molecule has 2 aromatic heterocycles. The van der Waals surface area contributed by atoms with Crippen LogP contribution in [0.1, 0.15) is 16.3 Å². The molecule has 2 rings (SSSR count). The number of fused-ring (bicyclic) bond motifs is 1. The normalized spacial score (nSPS) is 10.5. The van der Waals surface area contributed by atoms with Gasteiger partial charge in [-0.3, -0.25) is 14.4 Å². The van der Waals surface area contributed by atoms with E-state index in [1.807, 2.05) is 5.48 Å². The van der Waals surface area contributed by atoms with Crippen molar-refractivity contribution in [2.75, 3.05) is 6.61 Å². The summed E-state index contributed by atoms with van der Waals surface area (Å²) in [5.41, 5.74) is 7.62. The Labute approximate surface area is 101 Å². The maximum absolute atomic E-state index is 11.6. The largest absolute Gasteiger partial charge is 0.368 e. The number of hydrogen-bond acceptors (Lipinski definition) is 6. The molecule has 0 aliphatic carbocycles. The summed E-state index contributed by atoms with van der Waals surface area (Å²) in [5.74, 6) is -1.19. The average molecular weight is 250 g/mol. The van der Waals surface area contributed by atoms with E-state index in [9.17, 15) is 9.59 Å². The van der Waals surface area contributed by atoms with Crippen molar-refractivity contribution < 1.29 is 14.4 Å². The van der Waals surface area contributed by atoms with Crippen LogP contribution in [-0.2, 0) is 9.63 Å². The summed E-state index contributed by atoms with van der Waals surface area (Å²) in [4.78, 5) is 34.4. The smallest absolute Gasteiger partial charge is 0.314 e. The Morgan fingerprint density at radius 2 is 2.33 bits per heavy atom. The van der Waals surface area contributed by atoms with Crippen molar-refractivity contribution in [3.05, 3.63) is 23.8 Å². The van der Waals surface area contributed by atoms with E-state index in [4.69, 9.17) is 5.73 Å². The quantitative estimate of drug-likeness (QED) is 0.641. The van der Waals surface area contributed by atoms with Crippen LogP contribution >= 0.6 is 0 Å². The highest BCUT2D eigenvalue weighted by molar-refractivity contribution is 5.90. The zero-order valence-electron chi connectivity index (χ0n) is 9.45. The van der Waals surface area contributed by atoms with E-state index in [2.05, 4.69) is 19.9 Å². The lowest BCUT2D eigenvalue weighted by atomic mass is 10.5. The van der Waals surface area contributed by atoms with Crippen molar-refractivity contribution in [2.45, 2.75) is 6.92 Å². The molecular weight excluding hydrogens is 240 g/mol. The van der Waals surface area contributed by atoms with Crippen molar-refractivity contribution in [1.29, 1.82) is 0 Å². The number of carbonyl (C=O) groups is 2. The summed E-state index contributed by atoms with van der Waals surface area (Å²) in [6, 6.07) is 1.73.